The van der Waals surface area contributed by atoms with E-state index in [-0.39, 0.29) is 23.6 Å². The Morgan fingerprint density at radius 3 is 2.84 bits per heavy atom. The number of hydroxylamine groups is 2. The van der Waals surface area contributed by atoms with Crippen LogP contribution in [0, 0.1) is 0 Å². The van der Waals surface area contributed by atoms with Crippen LogP contribution in [0.4, 0.5) is 13.2 Å². The number of hydrogen-bond acceptors (Lipinski definition) is 4. The van der Waals surface area contributed by atoms with E-state index >= 15 is 0 Å². The molecule has 2 aliphatic heterocycles. The molecule has 138 valence electrons. The third kappa shape index (κ3) is 3.98. The topological polar surface area (TPSA) is 34.6 Å². The van der Waals surface area contributed by atoms with E-state index in [1.165, 1.54) is 6.07 Å². The minimum Gasteiger partial charge on any atom is -0.385 e. The predicted molar refractivity (Wildman–Crippen MR) is 86.9 cm³/mol. The molecule has 0 N–H and O–H groups in total. The summed E-state index contributed by atoms with van der Waals surface area (Å²) in [6.07, 6.45) is 3.00. The highest BCUT2D eigenvalue weighted by Crippen LogP contribution is 2.43. The van der Waals surface area contributed by atoms with E-state index in [9.17, 15) is 13.2 Å². The maximum Gasteiger partial charge on any atom is 0.417 e. The van der Waals surface area contributed by atoms with Gasteiger partial charge in [0, 0.05) is 18.3 Å². The Kier molecular flexibility index (Phi) is 5.06. The van der Waals surface area contributed by atoms with Crippen LogP contribution in [-0.4, -0.2) is 34.3 Å². The van der Waals surface area contributed by atoms with Gasteiger partial charge in [0.15, 0.2) is 0 Å². The molecule has 2 aliphatic rings. The molecular weight excluding hydrogens is 333 g/mol. The third-order valence-electron chi connectivity index (χ3n) is 5.02. The molecule has 0 spiro atoms. The van der Waals surface area contributed by atoms with Crippen molar-refractivity contribution in [1.29, 1.82) is 0 Å². The molecule has 1 aromatic rings. The van der Waals surface area contributed by atoms with Crippen molar-refractivity contribution in [3.05, 3.63) is 36.5 Å². The zero-order valence-electron chi connectivity index (χ0n) is 14.3. The van der Waals surface area contributed by atoms with E-state index in [0.717, 1.165) is 44.4 Å². The second-order valence-electron chi connectivity index (χ2n) is 7.03. The number of fused-ring (bicyclic) bond motifs is 2. The summed E-state index contributed by atoms with van der Waals surface area (Å²) in [6.45, 7) is 6.32. The smallest absolute Gasteiger partial charge is 0.385 e. The van der Waals surface area contributed by atoms with Gasteiger partial charge in [-0.25, -0.2) is 4.98 Å². The Bertz CT molecular complexity index is 605. The minimum atomic E-state index is -4.39. The molecular formula is C18H23F3N2O2. The highest BCUT2D eigenvalue weighted by Gasteiger charge is 2.48. The summed E-state index contributed by atoms with van der Waals surface area (Å²) in [7, 11) is 0. The summed E-state index contributed by atoms with van der Waals surface area (Å²) in [5.74, 6) is 0.191. The zero-order valence-corrected chi connectivity index (χ0v) is 14.3. The lowest BCUT2D eigenvalue weighted by molar-refractivity contribution is -0.233. The molecule has 0 aliphatic carbocycles. The van der Waals surface area contributed by atoms with E-state index in [1.807, 2.05) is 5.06 Å². The van der Waals surface area contributed by atoms with Gasteiger partial charge >= 0.3 is 6.18 Å². The number of halogens is 3. The van der Waals surface area contributed by atoms with Crippen LogP contribution in [-0.2, 0) is 10.9 Å². The molecule has 3 atom stereocenters. The van der Waals surface area contributed by atoms with E-state index in [0.29, 0.717) is 6.61 Å². The maximum absolute atomic E-state index is 12.7. The lowest BCUT2D eigenvalue weighted by Crippen LogP contribution is -2.62. The van der Waals surface area contributed by atoms with E-state index in [1.54, 1.807) is 6.08 Å². The van der Waals surface area contributed by atoms with Gasteiger partial charge in [0.25, 0.3) is 0 Å². The van der Waals surface area contributed by atoms with Crippen LogP contribution in [0.5, 0.6) is 5.88 Å². The predicted octanol–water partition coefficient (Wildman–Crippen LogP) is 4.37. The third-order valence-corrected chi connectivity index (χ3v) is 5.02. The van der Waals surface area contributed by atoms with E-state index < -0.39 is 11.7 Å². The Labute approximate surface area is 145 Å². The van der Waals surface area contributed by atoms with E-state index in [4.69, 9.17) is 9.57 Å². The summed E-state index contributed by atoms with van der Waals surface area (Å²) < 4.78 is 43.8. The number of hydrogen-bond donors (Lipinski definition) is 0. The molecule has 2 bridgehead atoms. The molecule has 0 saturated carbocycles. The maximum atomic E-state index is 12.7. The van der Waals surface area contributed by atoms with Gasteiger partial charge in [0.05, 0.1) is 23.8 Å². The quantitative estimate of drug-likeness (QED) is 0.734. The number of aromatic nitrogens is 1. The zero-order chi connectivity index (χ0) is 18.1. The minimum absolute atomic E-state index is 0.147. The van der Waals surface area contributed by atoms with Crippen LogP contribution in [0.15, 0.2) is 31.0 Å². The van der Waals surface area contributed by atoms with Gasteiger partial charge in [0.2, 0.25) is 5.88 Å². The van der Waals surface area contributed by atoms with Crippen molar-refractivity contribution in [3.63, 3.8) is 0 Å². The molecule has 0 radical (unpaired) electrons. The van der Waals surface area contributed by atoms with Gasteiger partial charge in [-0.3, -0.25) is 0 Å². The summed E-state index contributed by atoms with van der Waals surface area (Å²) in [5, 5.41) is 1.93. The van der Waals surface area contributed by atoms with Gasteiger partial charge in [0.1, 0.15) is 0 Å². The fraction of sp³-hybridized carbons (Fsp3) is 0.611. The van der Waals surface area contributed by atoms with Crippen molar-refractivity contribution >= 4 is 0 Å². The van der Waals surface area contributed by atoms with Gasteiger partial charge in [-0.05, 0) is 45.1 Å². The fourth-order valence-electron chi connectivity index (χ4n) is 3.89. The first-order valence-corrected chi connectivity index (χ1v) is 8.55. The highest BCUT2D eigenvalue weighted by molar-refractivity contribution is 5.20. The van der Waals surface area contributed by atoms with Crippen LogP contribution in [0.1, 0.15) is 44.6 Å². The Morgan fingerprint density at radius 2 is 2.24 bits per heavy atom. The molecule has 25 heavy (non-hydrogen) atoms. The molecule has 2 saturated heterocycles. The van der Waals surface area contributed by atoms with Crippen LogP contribution in [0.25, 0.3) is 0 Å². The van der Waals surface area contributed by atoms with Gasteiger partial charge < -0.3 is 9.57 Å². The molecule has 1 unspecified atom stereocenters. The largest absolute Gasteiger partial charge is 0.417 e. The first-order chi connectivity index (χ1) is 11.8. The Morgan fingerprint density at radius 1 is 1.44 bits per heavy atom. The molecule has 1 aromatic heterocycles. The second-order valence-corrected chi connectivity index (χ2v) is 7.03. The van der Waals surface area contributed by atoms with Crippen LogP contribution in [0.2, 0.25) is 0 Å². The highest BCUT2D eigenvalue weighted by atomic mass is 19.4. The van der Waals surface area contributed by atoms with Crippen molar-refractivity contribution in [2.24, 2.45) is 0 Å². The number of piperidine rings is 2. The number of rotatable bonds is 5. The first-order valence-electron chi connectivity index (χ1n) is 8.55. The average Bonchev–Trinajstić information content (AvgIpc) is 2.54. The normalized spacial score (nSPS) is 30.1. The van der Waals surface area contributed by atoms with Crippen LogP contribution < -0.4 is 4.84 Å². The number of alkyl halides is 3. The number of ether oxygens (including phenoxy) is 1. The molecule has 3 rings (SSSR count). The first kappa shape index (κ1) is 18.2. The summed E-state index contributed by atoms with van der Waals surface area (Å²) in [6, 6.07) is 2.45. The summed E-state index contributed by atoms with van der Waals surface area (Å²) in [4.78, 5) is 9.76. The monoisotopic (exact) mass is 356 g/mol. The van der Waals surface area contributed by atoms with Gasteiger partial charge in [-0.2, -0.15) is 13.2 Å². The van der Waals surface area contributed by atoms with Crippen molar-refractivity contribution in [2.75, 3.05) is 6.61 Å². The lowest BCUT2D eigenvalue weighted by atomic mass is 9.76. The summed E-state index contributed by atoms with van der Waals surface area (Å²) in [5.41, 5.74) is -0.986. The van der Waals surface area contributed by atoms with Crippen molar-refractivity contribution in [1.82, 2.24) is 10.0 Å². The molecule has 2 fully saturated rings. The summed E-state index contributed by atoms with van der Waals surface area (Å²) >= 11 is 0. The Hall–Kier alpha value is -1.60. The molecule has 7 heteroatoms. The average molecular weight is 356 g/mol. The molecule has 4 nitrogen and oxygen atoms in total. The SMILES string of the molecule is C=CCO[C@@H]1C[C@@H]2CCCC(C)(C1)N2Oc1ccc(C(F)(F)F)cn1. The fourth-order valence-corrected chi connectivity index (χ4v) is 3.89. The standard InChI is InChI=1S/C18H23F3N2O2/c1-3-9-24-15-10-14-5-4-8-17(2,11-15)23(14)25-16-7-6-13(12-22-16)18(19,20)21/h3,6-7,12,14-15H,1,4-5,8-11H2,2H3/t14-,15+,17?/m0/s1. The second kappa shape index (κ2) is 6.96. The van der Waals surface area contributed by atoms with Crippen molar-refractivity contribution in [2.45, 2.75) is 62.9 Å². The molecule has 0 amide bonds. The molecule has 0 aromatic carbocycles. The van der Waals surface area contributed by atoms with Crippen molar-refractivity contribution in [3.8, 4) is 5.88 Å². The van der Waals surface area contributed by atoms with Crippen molar-refractivity contribution < 1.29 is 22.7 Å². The number of pyridine rings is 1. The lowest BCUT2D eigenvalue weighted by Gasteiger charge is -2.53. The number of nitrogens with zero attached hydrogens (tertiary/aromatic N) is 2. The van der Waals surface area contributed by atoms with Gasteiger partial charge in [-0.1, -0.05) is 6.08 Å². The Balaban J connectivity index is 1.72. The van der Waals surface area contributed by atoms with Gasteiger partial charge in [-0.15, -0.1) is 11.6 Å². The van der Waals surface area contributed by atoms with Crippen LogP contribution >= 0.6 is 0 Å². The van der Waals surface area contributed by atoms with E-state index in [2.05, 4.69) is 18.5 Å². The molecule has 3 heterocycles. The van der Waals surface area contributed by atoms with Crippen LogP contribution in [0.3, 0.4) is 0 Å².